The van der Waals surface area contributed by atoms with Gasteiger partial charge >= 0.3 is 5.97 Å². The summed E-state index contributed by atoms with van der Waals surface area (Å²) in [4.78, 5) is 14.9. The molecule has 1 aromatic heterocycles. The summed E-state index contributed by atoms with van der Waals surface area (Å²) < 4.78 is 1.66. The van der Waals surface area contributed by atoms with Crippen LogP contribution in [0.15, 0.2) is 36.8 Å². The van der Waals surface area contributed by atoms with E-state index in [-0.39, 0.29) is 11.7 Å². The predicted octanol–water partition coefficient (Wildman–Crippen LogP) is 3.53. The molecular formula is C15H20N2O2. The highest BCUT2D eigenvalue weighted by Crippen LogP contribution is 2.20. The average molecular weight is 260 g/mol. The van der Waals surface area contributed by atoms with E-state index < -0.39 is 5.97 Å². The molecule has 0 bridgehead atoms. The number of carboxylic acids is 1. The van der Waals surface area contributed by atoms with Gasteiger partial charge in [0.1, 0.15) is 5.69 Å². The van der Waals surface area contributed by atoms with Gasteiger partial charge in [0.05, 0.1) is 18.6 Å². The summed E-state index contributed by atoms with van der Waals surface area (Å²) in [6.45, 7) is 7.98. The van der Waals surface area contributed by atoms with Crippen LogP contribution in [0.4, 0.5) is 0 Å². The summed E-state index contributed by atoms with van der Waals surface area (Å²) in [5, 5.41) is 9.03. The lowest BCUT2D eigenvalue weighted by atomic mass is 10.1. The fourth-order valence-corrected chi connectivity index (χ4v) is 1.78. The van der Waals surface area contributed by atoms with Crippen molar-refractivity contribution in [2.75, 3.05) is 0 Å². The first-order chi connectivity index (χ1) is 9.09. The minimum absolute atomic E-state index is 0.0378. The van der Waals surface area contributed by atoms with E-state index in [1.165, 1.54) is 11.8 Å². The van der Waals surface area contributed by atoms with Gasteiger partial charge in [-0.3, -0.25) is 0 Å². The number of aromatic nitrogens is 2. The zero-order chi connectivity index (χ0) is 14.4. The molecule has 1 N–H and O–H groups in total. The molecule has 1 aromatic carbocycles. The molecule has 0 saturated carbocycles. The van der Waals surface area contributed by atoms with Crippen molar-refractivity contribution in [3.63, 3.8) is 0 Å². The fourth-order valence-electron chi connectivity index (χ4n) is 1.78. The number of benzene rings is 1. The molecule has 0 aliphatic carbocycles. The molecule has 102 valence electrons. The highest BCUT2D eigenvalue weighted by molar-refractivity contribution is 5.85. The Balaban J connectivity index is 0.000000861. The largest absolute Gasteiger partial charge is 0.477 e. The van der Waals surface area contributed by atoms with Crippen molar-refractivity contribution in [1.82, 2.24) is 9.55 Å². The number of hydrogen-bond acceptors (Lipinski definition) is 2. The van der Waals surface area contributed by atoms with Crippen LogP contribution in [0.25, 0.3) is 0 Å². The number of hydrogen-bond donors (Lipinski definition) is 1. The van der Waals surface area contributed by atoms with Gasteiger partial charge in [0.25, 0.3) is 0 Å². The fraction of sp³-hybridized carbons (Fsp3) is 0.333. The topological polar surface area (TPSA) is 55.1 Å². The number of carboxylic acid groups (broad SMARTS) is 1. The lowest BCUT2D eigenvalue weighted by molar-refractivity contribution is 0.0684. The first kappa shape index (κ1) is 15.0. The minimum atomic E-state index is -0.957. The Morgan fingerprint density at radius 3 is 2.37 bits per heavy atom. The van der Waals surface area contributed by atoms with Crippen molar-refractivity contribution in [3.8, 4) is 0 Å². The van der Waals surface area contributed by atoms with Crippen LogP contribution in [0.5, 0.6) is 0 Å². The number of aryl methyl sites for hydroxylation is 1. The zero-order valence-corrected chi connectivity index (χ0v) is 11.8. The Hall–Kier alpha value is -2.10. The van der Waals surface area contributed by atoms with Gasteiger partial charge in [-0.15, -0.1) is 0 Å². The summed E-state index contributed by atoms with van der Waals surface area (Å²) in [5.74, 6) is -0.957. The first-order valence-electron chi connectivity index (χ1n) is 6.41. The summed E-state index contributed by atoms with van der Waals surface area (Å²) in [5.41, 5.74) is 2.46. The van der Waals surface area contributed by atoms with E-state index in [0.717, 1.165) is 5.56 Å². The highest BCUT2D eigenvalue weighted by Gasteiger charge is 2.15. The third-order valence-electron chi connectivity index (χ3n) is 2.86. The van der Waals surface area contributed by atoms with Crippen LogP contribution in [-0.2, 0) is 0 Å². The smallest absolute Gasteiger partial charge is 0.354 e. The molecule has 0 aliphatic rings. The van der Waals surface area contributed by atoms with Gasteiger partial charge in [0.2, 0.25) is 0 Å². The van der Waals surface area contributed by atoms with Crippen molar-refractivity contribution >= 4 is 5.97 Å². The van der Waals surface area contributed by atoms with Crippen LogP contribution in [0, 0.1) is 6.92 Å². The van der Waals surface area contributed by atoms with E-state index >= 15 is 0 Å². The monoisotopic (exact) mass is 260 g/mol. The van der Waals surface area contributed by atoms with Gasteiger partial charge in [-0.05, 0) is 19.4 Å². The van der Waals surface area contributed by atoms with Crippen molar-refractivity contribution in [3.05, 3.63) is 53.6 Å². The van der Waals surface area contributed by atoms with E-state index in [9.17, 15) is 4.79 Å². The Labute approximate surface area is 113 Å². The van der Waals surface area contributed by atoms with Crippen LogP contribution >= 0.6 is 0 Å². The summed E-state index contributed by atoms with van der Waals surface area (Å²) >= 11 is 0. The van der Waals surface area contributed by atoms with E-state index in [1.54, 1.807) is 10.9 Å². The summed E-state index contributed by atoms with van der Waals surface area (Å²) in [6, 6.07) is 8.01. The lowest BCUT2D eigenvalue weighted by Crippen LogP contribution is -2.12. The van der Waals surface area contributed by atoms with Crippen molar-refractivity contribution < 1.29 is 9.90 Å². The number of aromatic carboxylic acids is 1. The second-order valence-electron chi connectivity index (χ2n) is 4.08. The van der Waals surface area contributed by atoms with Crippen LogP contribution in [-0.4, -0.2) is 20.6 Å². The summed E-state index contributed by atoms with van der Waals surface area (Å²) in [7, 11) is 0. The molecule has 0 spiro atoms. The maximum Gasteiger partial charge on any atom is 0.354 e. The van der Waals surface area contributed by atoms with Crippen molar-refractivity contribution in [2.45, 2.75) is 33.7 Å². The second-order valence-corrected chi connectivity index (χ2v) is 4.08. The van der Waals surface area contributed by atoms with Crippen LogP contribution in [0.1, 0.15) is 48.4 Å². The molecule has 1 atom stereocenters. The van der Waals surface area contributed by atoms with Crippen LogP contribution in [0.3, 0.4) is 0 Å². The Bertz CT molecular complexity index is 529. The average Bonchev–Trinajstić information content (AvgIpc) is 2.90. The maximum absolute atomic E-state index is 11.0. The standard InChI is InChI=1S/C13H14N2O2.C2H6/c1-9-3-5-11(6-4-9)10(2)15-8-14-7-12(15)13(16)17;1-2/h3-8,10H,1-2H3,(H,16,17);1-2H3. The van der Waals surface area contributed by atoms with Crippen LogP contribution in [0.2, 0.25) is 0 Å². The molecule has 0 fully saturated rings. The highest BCUT2D eigenvalue weighted by atomic mass is 16.4. The number of rotatable bonds is 3. The van der Waals surface area contributed by atoms with E-state index in [1.807, 2.05) is 52.0 Å². The second kappa shape index (κ2) is 6.73. The predicted molar refractivity (Wildman–Crippen MR) is 75.5 cm³/mol. The zero-order valence-electron chi connectivity index (χ0n) is 11.8. The normalized spacial score (nSPS) is 11.4. The Morgan fingerprint density at radius 1 is 1.26 bits per heavy atom. The number of imidazole rings is 1. The van der Waals surface area contributed by atoms with E-state index in [0.29, 0.717) is 0 Å². The molecule has 19 heavy (non-hydrogen) atoms. The Morgan fingerprint density at radius 2 is 1.84 bits per heavy atom. The van der Waals surface area contributed by atoms with Gasteiger partial charge in [0.15, 0.2) is 0 Å². The maximum atomic E-state index is 11.0. The molecule has 2 rings (SSSR count). The van der Waals surface area contributed by atoms with Crippen LogP contribution < -0.4 is 0 Å². The molecule has 0 radical (unpaired) electrons. The molecule has 4 nitrogen and oxygen atoms in total. The van der Waals surface area contributed by atoms with E-state index in [4.69, 9.17) is 5.11 Å². The molecule has 0 amide bonds. The van der Waals surface area contributed by atoms with Gasteiger partial charge < -0.3 is 9.67 Å². The van der Waals surface area contributed by atoms with Gasteiger partial charge in [-0.2, -0.15) is 0 Å². The molecule has 1 unspecified atom stereocenters. The molecule has 0 saturated heterocycles. The Kier molecular flexibility index (Phi) is 5.30. The molecule has 4 heteroatoms. The quantitative estimate of drug-likeness (QED) is 0.918. The molecule has 0 aliphatic heterocycles. The lowest BCUT2D eigenvalue weighted by Gasteiger charge is -2.15. The molecule has 1 heterocycles. The molecule has 2 aromatic rings. The molecular weight excluding hydrogens is 240 g/mol. The summed E-state index contributed by atoms with van der Waals surface area (Å²) in [6.07, 6.45) is 2.92. The third kappa shape index (κ3) is 3.44. The van der Waals surface area contributed by atoms with E-state index in [2.05, 4.69) is 4.98 Å². The third-order valence-corrected chi connectivity index (χ3v) is 2.86. The first-order valence-corrected chi connectivity index (χ1v) is 6.41. The van der Waals surface area contributed by atoms with Gasteiger partial charge in [-0.25, -0.2) is 9.78 Å². The van der Waals surface area contributed by atoms with Gasteiger partial charge in [0, 0.05) is 0 Å². The van der Waals surface area contributed by atoms with Crippen molar-refractivity contribution in [1.29, 1.82) is 0 Å². The van der Waals surface area contributed by atoms with Gasteiger partial charge in [-0.1, -0.05) is 43.7 Å². The van der Waals surface area contributed by atoms with Crippen molar-refractivity contribution in [2.24, 2.45) is 0 Å². The SMILES string of the molecule is CC.Cc1ccc(C(C)n2cncc2C(=O)O)cc1. The number of nitrogens with zero attached hydrogens (tertiary/aromatic N) is 2. The minimum Gasteiger partial charge on any atom is -0.477 e. The number of carbonyl (C=O) groups is 1.